The molecule has 4 nitrogen and oxygen atoms in total. The van der Waals surface area contributed by atoms with E-state index in [1.807, 2.05) is 24.3 Å². The second kappa shape index (κ2) is 7.70. The number of halogens is 2. The van der Waals surface area contributed by atoms with E-state index in [0.29, 0.717) is 11.5 Å². The van der Waals surface area contributed by atoms with Crippen LogP contribution in [0.25, 0.3) is 0 Å². The predicted octanol–water partition coefficient (Wildman–Crippen LogP) is 3.51. The van der Waals surface area contributed by atoms with Crippen molar-refractivity contribution in [1.82, 2.24) is 5.43 Å². The van der Waals surface area contributed by atoms with Crippen LogP contribution in [-0.2, 0) is 4.79 Å². The smallest absolute Gasteiger partial charge is 0.277 e. The summed E-state index contributed by atoms with van der Waals surface area (Å²) in [6, 6.07) is 13.0. The van der Waals surface area contributed by atoms with Crippen LogP contribution in [-0.4, -0.2) is 18.2 Å². The lowest BCUT2D eigenvalue weighted by molar-refractivity contribution is -0.123. The molecule has 0 aliphatic carbocycles. The fourth-order valence-corrected chi connectivity index (χ4v) is 1.88. The van der Waals surface area contributed by atoms with Gasteiger partial charge in [0, 0.05) is 4.47 Å². The van der Waals surface area contributed by atoms with Crippen LogP contribution in [0.5, 0.6) is 5.75 Å². The molecule has 0 saturated carbocycles. The van der Waals surface area contributed by atoms with Gasteiger partial charge in [0.25, 0.3) is 5.91 Å². The highest BCUT2D eigenvalue weighted by molar-refractivity contribution is 9.10. The summed E-state index contributed by atoms with van der Waals surface area (Å²) in [7, 11) is 0. The van der Waals surface area contributed by atoms with Gasteiger partial charge in [0.1, 0.15) is 11.6 Å². The molecule has 0 aliphatic heterocycles. The SMILES string of the molecule is C/C(=N/NC(=O)COc1ccc(F)cc1)c1ccc(Br)cc1. The minimum atomic E-state index is -0.388. The van der Waals surface area contributed by atoms with Crippen LogP contribution in [0.2, 0.25) is 0 Å². The second-order valence-electron chi connectivity index (χ2n) is 4.48. The molecule has 0 radical (unpaired) electrons. The predicted molar refractivity (Wildman–Crippen MR) is 86.4 cm³/mol. The van der Waals surface area contributed by atoms with Crippen molar-refractivity contribution < 1.29 is 13.9 Å². The lowest BCUT2D eigenvalue weighted by atomic mass is 10.1. The molecule has 0 heterocycles. The third kappa shape index (κ3) is 4.96. The highest BCUT2D eigenvalue weighted by atomic mass is 79.9. The van der Waals surface area contributed by atoms with E-state index < -0.39 is 0 Å². The zero-order chi connectivity index (χ0) is 15.9. The molecule has 0 bridgehead atoms. The molecular weight excluding hydrogens is 351 g/mol. The molecular formula is C16H14BrFN2O2. The molecule has 22 heavy (non-hydrogen) atoms. The number of nitrogens with one attached hydrogen (secondary N) is 1. The zero-order valence-corrected chi connectivity index (χ0v) is 13.4. The summed E-state index contributed by atoms with van der Waals surface area (Å²) in [6.45, 7) is 1.60. The van der Waals surface area contributed by atoms with E-state index >= 15 is 0 Å². The van der Waals surface area contributed by atoms with Gasteiger partial charge in [-0.25, -0.2) is 9.82 Å². The van der Waals surface area contributed by atoms with E-state index in [1.165, 1.54) is 24.3 Å². The Morgan fingerprint density at radius 2 is 1.82 bits per heavy atom. The van der Waals surface area contributed by atoms with Gasteiger partial charge in [0.15, 0.2) is 6.61 Å². The number of carbonyl (C=O) groups excluding carboxylic acids is 1. The monoisotopic (exact) mass is 364 g/mol. The summed E-state index contributed by atoms with van der Waals surface area (Å²) in [5, 5.41) is 4.01. The van der Waals surface area contributed by atoms with Crippen LogP contribution in [0.1, 0.15) is 12.5 Å². The molecule has 114 valence electrons. The largest absolute Gasteiger partial charge is 0.484 e. The Hall–Kier alpha value is -2.21. The van der Waals surface area contributed by atoms with Crippen molar-refractivity contribution in [2.75, 3.05) is 6.61 Å². The number of hydrazone groups is 1. The van der Waals surface area contributed by atoms with Gasteiger partial charge in [0.2, 0.25) is 0 Å². The molecule has 6 heteroatoms. The summed E-state index contributed by atoms with van der Waals surface area (Å²) in [4.78, 5) is 11.6. The van der Waals surface area contributed by atoms with Crippen LogP contribution in [0.4, 0.5) is 4.39 Å². The second-order valence-corrected chi connectivity index (χ2v) is 5.40. The van der Waals surface area contributed by atoms with Crippen LogP contribution >= 0.6 is 15.9 Å². The van der Waals surface area contributed by atoms with Gasteiger partial charge in [-0.1, -0.05) is 28.1 Å². The maximum absolute atomic E-state index is 12.7. The third-order valence-electron chi connectivity index (χ3n) is 2.79. The Morgan fingerprint density at radius 3 is 2.45 bits per heavy atom. The Morgan fingerprint density at radius 1 is 1.18 bits per heavy atom. The number of rotatable bonds is 5. The molecule has 1 amide bonds. The molecule has 2 rings (SSSR count). The van der Waals surface area contributed by atoms with Crippen LogP contribution in [0.3, 0.4) is 0 Å². The van der Waals surface area contributed by atoms with Crippen molar-refractivity contribution >= 4 is 27.5 Å². The topological polar surface area (TPSA) is 50.7 Å². The van der Waals surface area contributed by atoms with E-state index in [9.17, 15) is 9.18 Å². The number of hydrogen-bond donors (Lipinski definition) is 1. The quantitative estimate of drug-likeness (QED) is 0.651. The van der Waals surface area contributed by atoms with Gasteiger partial charge in [-0.05, 0) is 48.9 Å². The molecule has 0 fully saturated rings. The van der Waals surface area contributed by atoms with E-state index in [1.54, 1.807) is 6.92 Å². The van der Waals surface area contributed by atoms with Gasteiger partial charge >= 0.3 is 0 Å². The van der Waals surface area contributed by atoms with Gasteiger partial charge in [-0.2, -0.15) is 5.10 Å². The number of ether oxygens (including phenoxy) is 1. The lowest BCUT2D eigenvalue weighted by Gasteiger charge is -2.06. The highest BCUT2D eigenvalue weighted by Gasteiger charge is 2.03. The van der Waals surface area contributed by atoms with E-state index in [0.717, 1.165) is 10.0 Å². The van der Waals surface area contributed by atoms with Gasteiger partial charge < -0.3 is 4.74 Å². The van der Waals surface area contributed by atoms with Crippen LogP contribution in [0, 0.1) is 5.82 Å². The van der Waals surface area contributed by atoms with Crippen molar-refractivity contribution in [2.45, 2.75) is 6.92 Å². The molecule has 0 saturated heterocycles. The number of nitrogens with zero attached hydrogens (tertiary/aromatic N) is 1. The van der Waals surface area contributed by atoms with Gasteiger partial charge in [-0.15, -0.1) is 0 Å². The Kier molecular flexibility index (Phi) is 5.66. The molecule has 0 spiro atoms. The molecule has 0 atom stereocenters. The number of hydrogen-bond acceptors (Lipinski definition) is 3. The first-order valence-corrected chi connectivity index (χ1v) is 7.31. The Balaban J connectivity index is 1.85. The van der Waals surface area contributed by atoms with Crippen molar-refractivity contribution in [3.63, 3.8) is 0 Å². The summed E-state index contributed by atoms with van der Waals surface area (Å²) >= 11 is 3.35. The fraction of sp³-hybridized carbons (Fsp3) is 0.125. The maximum atomic E-state index is 12.7. The lowest BCUT2D eigenvalue weighted by Crippen LogP contribution is -2.25. The molecule has 2 aromatic rings. The molecule has 0 aromatic heterocycles. The van der Waals surface area contributed by atoms with Crippen molar-refractivity contribution in [2.24, 2.45) is 5.10 Å². The number of benzene rings is 2. The maximum Gasteiger partial charge on any atom is 0.277 e. The van der Waals surface area contributed by atoms with E-state index in [4.69, 9.17) is 4.74 Å². The average molecular weight is 365 g/mol. The number of carbonyl (C=O) groups is 1. The first-order chi connectivity index (χ1) is 10.5. The average Bonchev–Trinajstić information content (AvgIpc) is 2.52. The molecule has 0 aliphatic rings. The minimum Gasteiger partial charge on any atom is -0.484 e. The van der Waals surface area contributed by atoms with Crippen molar-refractivity contribution in [3.8, 4) is 5.75 Å². The van der Waals surface area contributed by atoms with E-state index in [2.05, 4.69) is 26.5 Å². The van der Waals surface area contributed by atoms with Gasteiger partial charge in [0.05, 0.1) is 5.71 Å². The van der Waals surface area contributed by atoms with Crippen molar-refractivity contribution in [1.29, 1.82) is 0 Å². The first-order valence-electron chi connectivity index (χ1n) is 6.52. The standard InChI is InChI=1S/C16H14BrFN2O2/c1-11(12-2-4-13(17)5-3-12)19-20-16(21)10-22-15-8-6-14(18)7-9-15/h2-9H,10H2,1H3,(H,20,21)/b19-11-. The number of amides is 1. The summed E-state index contributed by atoms with van der Waals surface area (Å²) < 4.78 is 18.9. The summed E-state index contributed by atoms with van der Waals surface area (Å²) in [5.74, 6) is -0.322. The fourth-order valence-electron chi connectivity index (χ4n) is 1.61. The van der Waals surface area contributed by atoms with Gasteiger partial charge in [-0.3, -0.25) is 4.79 Å². The normalized spacial score (nSPS) is 11.1. The summed E-state index contributed by atoms with van der Waals surface area (Å²) in [6.07, 6.45) is 0. The van der Waals surface area contributed by atoms with Crippen LogP contribution < -0.4 is 10.2 Å². The first kappa shape index (κ1) is 16.2. The molecule has 2 aromatic carbocycles. The Labute approximate surface area is 136 Å². The third-order valence-corrected chi connectivity index (χ3v) is 3.32. The minimum absolute atomic E-state index is 0.192. The van der Waals surface area contributed by atoms with Crippen molar-refractivity contribution in [3.05, 3.63) is 64.4 Å². The summed E-state index contributed by atoms with van der Waals surface area (Å²) in [5.41, 5.74) is 4.00. The molecule has 0 unspecified atom stereocenters. The highest BCUT2D eigenvalue weighted by Crippen LogP contribution is 2.11. The van der Waals surface area contributed by atoms with E-state index in [-0.39, 0.29) is 18.3 Å². The molecule has 1 N–H and O–H groups in total. The van der Waals surface area contributed by atoms with Crippen LogP contribution in [0.15, 0.2) is 58.1 Å². The Bertz CT molecular complexity index is 670. The zero-order valence-electron chi connectivity index (χ0n) is 11.8.